The number of hydrogen-bond donors (Lipinski definition) is 2. The molecule has 1 heterocycles. The van der Waals surface area contributed by atoms with E-state index in [0.717, 1.165) is 5.56 Å². The number of fused-ring (bicyclic) bond motifs is 1. The van der Waals surface area contributed by atoms with E-state index in [1.165, 1.54) is 0 Å². The van der Waals surface area contributed by atoms with E-state index in [4.69, 9.17) is 37.7 Å². The smallest absolute Gasteiger partial charge is 0.264 e. The summed E-state index contributed by atoms with van der Waals surface area (Å²) >= 11 is 11.4. The third kappa shape index (κ3) is 5.16. The van der Waals surface area contributed by atoms with E-state index in [0.29, 0.717) is 39.2 Å². The van der Waals surface area contributed by atoms with Gasteiger partial charge in [-0.2, -0.15) is 0 Å². The van der Waals surface area contributed by atoms with Crippen LogP contribution in [0.25, 0.3) is 22.6 Å². The number of carbonyl (C=O) groups is 1. The van der Waals surface area contributed by atoms with E-state index in [1.54, 1.807) is 49.6 Å². The first-order valence-electron chi connectivity index (χ1n) is 9.55. The maximum absolute atomic E-state index is 12.1. The number of thiocarbonyl (C=S) groups is 1. The Labute approximate surface area is 194 Å². The highest BCUT2D eigenvalue weighted by Gasteiger charge is 2.12. The minimum Gasteiger partial charge on any atom is -0.495 e. The fourth-order valence-electron chi connectivity index (χ4n) is 2.92. The first-order valence-corrected chi connectivity index (χ1v) is 10.3. The number of carbonyl (C=O) groups excluding carboxylic acids is 1. The molecule has 3 aromatic carbocycles. The lowest BCUT2D eigenvalue weighted by Gasteiger charge is -2.10. The van der Waals surface area contributed by atoms with Gasteiger partial charge in [-0.3, -0.25) is 10.1 Å². The summed E-state index contributed by atoms with van der Waals surface area (Å²) in [7, 11) is 1.55. The maximum atomic E-state index is 12.1. The fourth-order valence-corrected chi connectivity index (χ4v) is 3.41. The van der Waals surface area contributed by atoms with Crippen LogP contribution in [-0.4, -0.2) is 29.7 Å². The number of oxazole rings is 1. The fraction of sp³-hybridized carbons (Fsp3) is 0.0870. The second-order valence-electron chi connectivity index (χ2n) is 6.65. The lowest BCUT2D eigenvalue weighted by molar-refractivity contribution is -0.121. The summed E-state index contributed by atoms with van der Waals surface area (Å²) in [6.45, 7) is -0.151. The summed E-state index contributed by atoms with van der Waals surface area (Å²) in [5.41, 5.74) is 2.60. The molecule has 9 heteroatoms. The Kier molecular flexibility index (Phi) is 6.53. The summed E-state index contributed by atoms with van der Waals surface area (Å²) in [5, 5.41) is 6.16. The Hall–Kier alpha value is -3.62. The molecule has 4 aromatic rings. The van der Waals surface area contributed by atoms with Crippen LogP contribution in [0.1, 0.15) is 0 Å². The van der Waals surface area contributed by atoms with Crippen molar-refractivity contribution < 1.29 is 18.7 Å². The van der Waals surface area contributed by atoms with Crippen LogP contribution in [0, 0.1) is 0 Å². The summed E-state index contributed by atoms with van der Waals surface area (Å²) in [6.07, 6.45) is 0. The Balaban J connectivity index is 1.39. The van der Waals surface area contributed by atoms with Crippen LogP contribution in [0.15, 0.2) is 71.1 Å². The number of ether oxygens (including phenoxy) is 2. The van der Waals surface area contributed by atoms with Crippen molar-refractivity contribution in [1.82, 2.24) is 10.3 Å². The van der Waals surface area contributed by atoms with Gasteiger partial charge in [0.25, 0.3) is 5.91 Å². The molecule has 32 heavy (non-hydrogen) atoms. The lowest BCUT2D eigenvalue weighted by atomic mass is 10.2. The van der Waals surface area contributed by atoms with E-state index in [-0.39, 0.29) is 17.6 Å². The highest BCUT2D eigenvalue weighted by Crippen LogP contribution is 2.32. The van der Waals surface area contributed by atoms with Crippen LogP contribution < -0.4 is 20.1 Å². The number of aromatic nitrogens is 1. The summed E-state index contributed by atoms with van der Waals surface area (Å²) in [5.74, 6) is 1.23. The minimum absolute atomic E-state index is 0.150. The normalized spacial score (nSPS) is 10.6. The van der Waals surface area contributed by atoms with Gasteiger partial charge in [0, 0.05) is 11.3 Å². The molecular weight excluding hydrogens is 450 g/mol. The van der Waals surface area contributed by atoms with Crippen molar-refractivity contribution in [2.45, 2.75) is 0 Å². The van der Waals surface area contributed by atoms with Crippen LogP contribution in [0.4, 0.5) is 5.69 Å². The van der Waals surface area contributed by atoms with Gasteiger partial charge >= 0.3 is 0 Å². The number of benzene rings is 3. The summed E-state index contributed by atoms with van der Waals surface area (Å²) < 4.78 is 16.4. The molecule has 162 valence electrons. The number of rotatable bonds is 6. The molecule has 2 N–H and O–H groups in total. The third-order valence-electron chi connectivity index (χ3n) is 4.41. The second kappa shape index (κ2) is 9.67. The number of methoxy groups -OCH3 is 1. The van der Waals surface area contributed by atoms with Gasteiger partial charge in [0.05, 0.1) is 12.1 Å². The highest BCUT2D eigenvalue weighted by molar-refractivity contribution is 7.80. The monoisotopic (exact) mass is 467 g/mol. The molecule has 0 aliphatic rings. The van der Waals surface area contributed by atoms with Crippen LogP contribution in [0.3, 0.4) is 0 Å². The van der Waals surface area contributed by atoms with Crippen molar-refractivity contribution in [1.29, 1.82) is 0 Å². The van der Waals surface area contributed by atoms with Crippen molar-refractivity contribution in [3.63, 3.8) is 0 Å². The van der Waals surface area contributed by atoms with Crippen LogP contribution in [0.5, 0.6) is 11.5 Å². The number of amides is 1. The van der Waals surface area contributed by atoms with E-state index < -0.39 is 0 Å². The number of para-hydroxylation sites is 1. The minimum atomic E-state index is -0.368. The van der Waals surface area contributed by atoms with E-state index in [2.05, 4.69) is 15.6 Å². The average molecular weight is 468 g/mol. The number of halogens is 1. The predicted octanol–water partition coefficient (Wildman–Crippen LogP) is 5.05. The van der Waals surface area contributed by atoms with Crippen LogP contribution >= 0.6 is 23.8 Å². The van der Waals surface area contributed by atoms with E-state index in [1.807, 2.05) is 24.3 Å². The quantitative estimate of drug-likeness (QED) is 0.384. The zero-order valence-electron chi connectivity index (χ0n) is 16.9. The molecule has 0 spiro atoms. The molecule has 4 rings (SSSR count). The Morgan fingerprint density at radius 3 is 2.69 bits per heavy atom. The number of nitrogens with one attached hydrogen (secondary N) is 2. The Morgan fingerprint density at radius 2 is 1.94 bits per heavy atom. The third-order valence-corrected chi connectivity index (χ3v) is 4.91. The van der Waals surface area contributed by atoms with Gasteiger partial charge in [-0.25, -0.2) is 4.98 Å². The molecule has 7 nitrogen and oxygen atoms in total. The Bertz CT molecular complexity index is 1280. The SMILES string of the molecule is COc1ccc(-c2nc3cc(NC(=S)NC(=O)COc4ccccc4)ccc3o2)cc1Cl. The van der Waals surface area contributed by atoms with Gasteiger partial charge < -0.3 is 19.2 Å². The molecule has 0 saturated carbocycles. The predicted molar refractivity (Wildman–Crippen MR) is 127 cm³/mol. The topological polar surface area (TPSA) is 85.6 Å². The zero-order valence-corrected chi connectivity index (χ0v) is 18.5. The van der Waals surface area contributed by atoms with Crippen molar-refractivity contribution in [2.75, 3.05) is 19.0 Å². The molecule has 1 amide bonds. The van der Waals surface area contributed by atoms with Crippen molar-refractivity contribution in [2.24, 2.45) is 0 Å². The molecule has 0 fully saturated rings. The van der Waals surface area contributed by atoms with Gasteiger partial charge in [-0.05, 0) is 60.7 Å². The maximum Gasteiger partial charge on any atom is 0.264 e. The van der Waals surface area contributed by atoms with Crippen molar-refractivity contribution >= 4 is 51.6 Å². The number of nitrogens with zero attached hydrogens (tertiary/aromatic N) is 1. The Morgan fingerprint density at radius 1 is 1.12 bits per heavy atom. The van der Waals surface area contributed by atoms with E-state index >= 15 is 0 Å². The van der Waals surface area contributed by atoms with Gasteiger partial charge in [0.1, 0.15) is 17.0 Å². The molecule has 0 aliphatic carbocycles. The van der Waals surface area contributed by atoms with Crippen LogP contribution in [-0.2, 0) is 4.79 Å². The first-order chi connectivity index (χ1) is 15.5. The van der Waals surface area contributed by atoms with Gasteiger partial charge in [-0.1, -0.05) is 29.8 Å². The standard InChI is InChI=1S/C23H18ClN3O4S/c1-29-19-9-7-14(11-17(19)24)22-26-18-12-15(8-10-20(18)31-22)25-23(32)27-21(28)13-30-16-5-3-2-4-6-16/h2-12H,13H2,1H3,(H2,25,27,28,32). The molecule has 0 aliphatic heterocycles. The first kappa shape index (κ1) is 21.6. The number of hydrogen-bond acceptors (Lipinski definition) is 6. The molecule has 0 atom stereocenters. The molecule has 0 bridgehead atoms. The highest BCUT2D eigenvalue weighted by atomic mass is 35.5. The molecule has 0 radical (unpaired) electrons. The van der Waals surface area contributed by atoms with Gasteiger partial charge in [0.15, 0.2) is 17.3 Å². The molecular formula is C23H18ClN3O4S. The van der Waals surface area contributed by atoms with E-state index in [9.17, 15) is 4.79 Å². The van der Waals surface area contributed by atoms with Crippen LogP contribution in [0.2, 0.25) is 5.02 Å². The van der Waals surface area contributed by atoms with Gasteiger partial charge in [-0.15, -0.1) is 0 Å². The zero-order chi connectivity index (χ0) is 22.5. The second-order valence-corrected chi connectivity index (χ2v) is 7.47. The van der Waals surface area contributed by atoms with Crippen molar-refractivity contribution in [3.8, 4) is 23.0 Å². The lowest BCUT2D eigenvalue weighted by Crippen LogP contribution is -2.37. The molecule has 1 aromatic heterocycles. The number of anilines is 1. The molecule has 0 saturated heterocycles. The molecule has 0 unspecified atom stereocenters. The summed E-state index contributed by atoms with van der Waals surface area (Å²) in [6, 6.07) is 19.7. The average Bonchev–Trinajstić information content (AvgIpc) is 3.22. The van der Waals surface area contributed by atoms with Crippen molar-refractivity contribution in [3.05, 3.63) is 71.8 Å². The van der Waals surface area contributed by atoms with Gasteiger partial charge in [0.2, 0.25) is 5.89 Å². The summed E-state index contributed by atoms with van der Waals surface area (Å²) in [4.78, 5) is 16.6. The largest absolute Gasteiger partial charge is 0.495 e.